The summed E-state index contributed by atoms with van der Waals surface area (Å²) in [5.74, 6) is 1.36. The monoisotopic (exact) mass is 240 g/mol. The Balaban J connectivity index is 2.66. The van der Waals surface area contributed by atoms with Gasteiger partial charge in [0.05, 0.1) is 12.7 Å². The van der Waals surface area contributed by atoms with Gasteiger partial charge < -0.3 is 4.90 Å². The highest BCUT2D eigenvalue weighted by molar-refractivity contribution is 5.84. The quantitative estimate of drug-likeness (QED) is 0.774. The molecule has 0 radical (unpaired) electrons. The lowest BCUT2D eigenvalue weighted by Gasteiger charge is -2.30. The molecule has 0 spiro atoms. The average Bonchev–Trinajstić information content (AvgIpc) is 2.71. The lowest BCUT2D eigenvalue weighted by molar-refractivity contribution is -0.132. The maximum Gasteiger partial charge on any atom is 0.241 e. The van der Waals surface area contributed by atoms with Crippen molar-refractivity contribution in [3.8, 4) is 0 Å². The van der Waals surface area contributed by atoms with Gasteiger partial charge in [0.1, 0.15) is 0 Å². The van der Waals surface area contributed by atoms with Crippen LogP contribution in [0.5, 0.6) is 0 Å². The molecule has 1 fully saturated rings. The SMILES string of the molecule is CCC(C)C1NCN(C(C)C(CC)CC)C1=O. The smallest absolute Gasteiger partial charge is 0.241 e. The zero-order valence-corrected chi connectivity index (χ0v) is 12.0. The first kappa shape index (κ1) is 14.5. The Hall–Kier alpha value is -0.570. The number of rotatable bonds is 6. The maximum absolute atomic E-state index is 12.3. The van der Waals surface area contributed by atoms with Crippen molar-refractivity contribution in [2.75, 3.05) is 6.67 Å². The van der Waals surface area contributed by atoms with Crippen LogP contribution >= 0.6 is 0 Å². The Bertz CT molecular complexity index is 251. The van der Waals surface area contributed by atoms with Gasteiger partial charge in [-0.15, -0.1) is 0 Å². The molecule has 0 aromatic rings. The second kappa shape index (κ2) is 6.39. The van der Waals surface area contributed by atoms with Gasteiger partial charge in [-0.25, -0.2) is 0 Å². The van der Waals surface area contributed by atoms with E-state index in [9.17, 15) is 4.79 Å². The summed E-state index contributed by atoms with van der Waals surface area (Å²) in [6.45, 7) is 11.6. The fraction of sp³-hybridized carbons (Fsp3) is 0.929. The molecule has 0 aromatic heterocycles. The summed E-state index contributed by atoms with van der Waals surface area (Å²) >= 11 is 0. The van der Waals surface area contributed by atoms with Crippen LogP contribution in [0.25, 0.3) is 0 Å². The van der Waals surface area contributed by atoms with Crippen molar-refractivity contribution in [1.29, 1.82) is 0 Å². The van der Waals surface area contributed by atoms with Gasteiger partial charge in [0.25, 0.3) is 0 Å². The fourth-order valence-electron chi connectivity index (χ4n) is 2.79. The molecule has 3 unspecified atom stereocenters. The molecule has 1 N–H and O–H groups in total. The fourth-order valence-corrected chi connectivity index (χ4v) is 2.79. The van der Waals surface area contributed by atoms with Gasteiger partial charge in [0.15, 0.2) is 0 Å². The van der Waals surface area contributed by atoms with Crippen molar-refractivity contribution in [2.24, 2.45) is 11.8 Å². The molecule has 1 rings (SSSR count). The summed E-state index contributed by atoms with van der Waals surface area (Å²) in [4.78, 5) is 14.4. The Morgan fingerprint density at radius 1 is 1.24 bits per heavy atom. The van der Waals surface area contributed by atoms with Gasteiger partial charge in [0.2, 0.25) is 5.91 Å². The summed E-state index contributed by atoms with van der Waals surface area (Å²) in [6.07, 6.45) is 3.35. The summed E-state index contributed by atoms with van der Waals surface area (Å²) in [7, 11) is 0. The summed E-state index contributed by atoms with van der Waals surface area (Å²) < 4.78 is 0. The highest BCUT2D eigenvalue weighted by Crippen LogP contribution is 2.23. The Morgan fingerprint density at radius 2 is 1.82 bits per heavy atom. The highest BCUT2D eigenvalue weighted by Gasteiger charge is 2.37. The van der Waals surface area contributed by atoms with Crippen LogP contribution in [0.3, 0.4) is 0 Å². The molecule has 0 bridgehead atoms. The zero-order valence-electron chi connectivity index (χ0n) is 12.0. The Morgan fingerprint density at radius 3 is 2.29 bits per heavy atom. The van der Waals surface area contributed by atoms with Crippen LogP contribution < -0.4 is 5.32 Å². The molecule has 3 heteroatoms. The lowest BCUT2D eigenvalue weighted by Crippen LogP contribution is -2.42. The second-order valence-electron chi connectivity index (χ2n) is 5.35. The van der Waals surface area contributed by atoms with Gasteiger partial charge in [-0.1, -0.05) is 47.0 Å². The normalized spacial score (nSPS) is 24.5. The summed E-state index contributed by atoms with van der Waals surface area (Å²) in [6, 6.07) is 0.399. The van der Waals surface area contributed by atoms with E-state index in [1.54, 1.807) is 0 Å². The van der Waals surface area contributed by atoms with E-state index in [0.29, 0.717) is 23.8 Å². The molecule has 1 saturated heterocycles. The topological polar surface area (TPSA) is 32.3 Å². The van der Waals surface area contributed by atoms with Crippen LogP contribution in [0.1, 0.15) is 53.9 Å². The summed E-state index contributed by atoms with van der Waals surface area (Å²) in [5.41, 5.74) is 0. The minimum Gasteiger partial charge on any atom is -0.326 e. The van der Waals surface area contributed by atoms with E-state index in [1.807, 2.05) is 4.90 Å². The Kier molecular flexibility index (Phi) is 5.44. The van der Waals surface area contributed by atoms with Crippen molar-refractivity contribution >= 4 is 5.91 Å². The molecule has 100 valence electrons. The van der Waals surface area contributed by atoms with Crippen LogP contribution in [-0.4, -0.2) is 29.6 Å². The average molecular weight is 240 g/mol. The molecular weight excluding hydrogens is 212 g/mol. The van der Waals surface area contributed by atoms with Crippen LogP contribution in [-0.2, 0) is 4.79 Å². The third-order valence-electron chi connectivity index (χ3n) is 4.47. The first-order valence-corrected chi connectivity index (χ1v) is 7.10. The number of nitrogens with zero attached hydrogens (tertiary/aromatic N) is 1. The first-order chi connectivity index (χ1) is 8.06. The first-order valence-electron chi connectivity index (χ1n) is 7.10. The number of carbonyl (C=O) groups is 1. The van der Waals surface area contributed by atoms with Gasteiger partial charge in [-0.05, 0) is 18.8 Å². The molecule has 1 heterocycles. The summed E-state index contributed by atoms with van der Waals surface area (Å²) in [5, 5.41) is 3.37. The van der Waals surface area contributed by atoms with E-state index in [0.717, 1.165) is 25.9 Å². The lowest BCUT2D eigenvalue weighted by atomic mass is 9.93. The molecule has 3 nitrogen and oxygen atoms in total. The Labute approximate surface area is 106 Å². The van der Waals surface area contributed by atoms with Gasteiger partial charge in [-0.2, -0.15) is 0 Å². The minimum atomic E-state index is 0.0387. The van der Waals surface area contributed by atoms with E-state index in [1.165, 1.54) is 0 Å². The zero-order chi connectivity index (χ0) is 13.0. The van der Waals surface area contributed by atoms with Gasteiger partial charge in [-0.3, -0.25) is 10.1 Å². The number of amides is 1. The molecule has 1 aliphatic rings. The third kappa shape index (κ3) is 3.01. The van der Waals surface area contributed by atoms with Crippen LogP contribution in [0.2, 0.25) is 0 Å². The van der Waals surface area contributed by atoms with Gasteiger partial charge in [0, 0.05) is 6.04 Å². The molecule has 1 amide bonds. The van der Waals surface area contributed by atoms with Crippen LogP contribution in [0.15, 0.2) is 0 Å². The van der Waals surface area contributed by atoms with E-state index in [-0.39, 0.29) is 6.04 Å². The predicted molar refractivity (Wildman–Crippen MR) is 71.6 cm³/mol. The number of nitrogens with one attached hydrogen (secondary N) is 1. The van der Waals surface area contributed by atoms with Crippen molar-refractivity contribution in [2.45, 2.75) is 66.0 Å². The standard InChI is InChI=1S/C14H28N2O/c1-6-10(4)13-14(17)16(9-15-13)11(5)12(7-2)8-3/h10-13,15H,6-9H2,1-5H3. The van der Waals surface area contributed by atoms with Crippen LogP contribution in [0, 0.1) is 11.8 Å². The predicted octanol–water partition coefficient (Wildman–Crippen LogP) is 2.62. The van der Waals surface area contributed by atoms with Gasteiger partial charge >= 0.3 is 0 Å². The third-order valence-corrected chi connectivity index (χ3v) is 4.47. The molecule has 0 saturated carbocycles. The molecule has 3 atom stereocenters. The molecule has 0 aromatic carbocycles. The molecule has 17 heavy (non-hydrogen) atoms. The van der Waals surface area contributed by atoms with Crippen LogP contribution in [0.4, 0.5) is 0 Å². The van der Waals surface area contributed by atoms with Crippen molar-refractivity contribution in [3.05, 3.63) is 0 Å². The van der Waals surface area contributed by atoms with Crippen molar-refractivity contribution in [1.82, 2.24) is 10.2 Å². The minimum absolute atomic E-state index is 0.0387. The largest absolute Gasteiger partial charge is 0.326 e. The molecule has 1 aliphatic heterocycles. The highest BCUT2D eigenvalue weighted by atomic mass is 16.2. The molecular formula is C14H28N2O. The van der Waals surface area contributed by atoms with Crippen molar-refractivity contribution < 1.29 is 4.79 Å². The van der Waals surface area contributed by atoms with Crippen molar-refractivity contribution in [3.63, 3.8) is 0 Å². The maximum atomic E-state index is 12.3. The van der Waals surface area contributed by atoms with E-state index in [2.05, 4.69) is 39.9 Å². The molecule has 0 aliphatic carbocycles. The number of carbonyl (C=O) groups excluding carboxylic acids is 1. The van der Waals surface area contributed by atoms with E-state index < -0.39 is 0 Å². The van der Waals surface area contributed by atoms with E-state index >= 15 is 0 Å². The second-order valence-corrected chi connectivity index (χ2v) is 5.35. The van der Waals surface area contributed by atoms with E-state index in [4.69, 9.17) is 0 Å². The number of hydrogen-bond acceptors (Lipinski definition) is 2. The number of hydrogen-bond donors (Lipinski definition) is 1.